The number of rotatable bonds is 4. The maximum absolute atomic E-state index is 12.5. The highest BCUT2D eigenvalue weighted by Crippen LogP contribution is 2.31. The van der Waals surface area contributed by atoms with E-state index in [9.17, 15) is 4.79 Å². The summed E-state index contributed by atoms with van der Waals surface area (Å²) in [4.78, 5) is 12.5. The van der Waals surface area contributed by atoms with E-state index in [2.05, 4.69) is 33.0 Å². The fourth-order valence-electron chi connectivity index (χ4n) is 2.95. The Morgan fingerprint density at radius 3 is 2.63 bits per heavy atom. The van der Waals surface area contributed by atoms with Gasteiger partial charge in [-0.3, -0.25) is 4.79 Å². The van der Waals surface area contributed by atoms with E-state index < -0.39 is 5.54 Å². The van der Waals surface area contributed by atoms with Crippen molar-refractivity contribution in [3.63, 3.8) is 0 Å². The molecule has 19 heavy (non-hydrogen) atoms. The molecule has 4 nitrogen and oxygen atoms in total. The second-order valence-electron chi connectivity index (χ2n) is 7.26. The molecular weight excluding hydrogens is 240 g/mol. The first-order chi connectivity index (χ1) is 8.69. The molecule has 1 aliphatic rings. The van der Waals surface area contributed by atoms with Crippen LogP contribution in [0.4, 0.5) is 0 Å². The molecule has 3 unspecified atom stereocenters. The maximum atomic E-state index is 12.5. The molecule has 4 N–H and O–H groups in total. The van der Waals surface area contributed by atoms with Gasteiger partial charge >= 0.3 is 0 Å². The summed E-state index contributed by atoms with van der Waals surface area (Å²) in [7, 11) is 0. The zero-order valence-electron chi connectivity index (χ0n) is 12.8. The van der Waals surface area contributed by atoms with Crippen molar-refractivity contribution in [3.8, 4) is 0 Å². The summed E-state index contributed by atoms with van der Waals surface area (Å²) >= 11 is 0. The van der Waals surface area contributed by atoms with Crippen LogP contribution in [-0.4, -0.2) is 29.2 Å². The van der Waals surface area contributed by atoms with Gasteiger partial charge in [-0.25, -0.2) is 0 Å². The lowest BCUT2D eigenvalue weighted by atomic mass is 9.76. The lowest BCUT2D eigenvalue weighted by Crippen LogP contribution is -2.59. The quantitative estimate of drug-likeness (QED) is 0.729. The Kier molecular flexibility index (Phi) is 5.39. The van der Waals surface area contributed by atoms with Gasteiger partial charge in [0.05, 0.1) is 5.54 Å². The number of carbonyl (C=O) groups excluding carboxylic acids is 1. The van der Waals surface area contributed by atoms with Gasteiger partial charge in [0.15, 0.2) is 0 Å². The van der Waals surface area contributed by atoms with Gasteiger partial charge < -0.3 is 16.2 Å². The van der Waals surface area contributed by atoms with E-state index in [0.29, 0.717) is 12.3 Å². The number of aliphatic hydroxyl groups excluding tert-OH is 1. The van der Waals surface area contributed by atoms with Gasteiger partial charge in [-0.15, -0.1) is 0 Å². The summed E-state index contributed by atoms with van der Waals surface area (Å²) in [5.41, 5.74) is 5.51. The highest BCUT2D eigenvalue weighted by Gasteiger charge is 2.39. The van der Waals surface area contributed by atoms with Gasteiger partial charge in [0.1, 0.15) is 0 Å². The van der Waals surface area contributed by atoms with Crippen LogP contribution in [-0.2, 0) is 4.79 Å². The molecule has 0 bridgehead atoms. The third kappa shape index (κ3) is 4.46. The van der Waals surface area contributed by atoms with Crippen LogP contribution in [0.25, 0.3) is 0 Å². The van der Waals surface area contributed by atoms with Crippen molar-refractivity contribution in [3.05, 3.63) is 0 Å². The van der Waals surface area contributed by atoms with E-state index in [0.717, 1.165) is 25.7 Å². The van der Waals surface area contributed by atoms with E-state index in [1.54, 1.807) is 0 Å². The molecule has 0 spiro atoms. The number of aliphatic hydroxyl groups is 1. The standard InChI is InChI=1S/C15H30N2O2/c1-11-6-5-8-15(16,10-11)13(19)17-12(7-9-18)14(2,3)4/h11-12,18H,5-10,16H2,1-4H3,(H,17,19). The predicted octanol–water partition coefficient (Wildman–Crippen LogP) is 1.81. The number of hydrogen-bond donors (Lipinski definition) is 3. The SMILES string of the molecule is CC1CCCC(N)(C(=O)NC(CCO)C(C)(C)C)C1. The first-order valence-corrected chi connectivity index (χ1v) is 7.40. The molecule has 0 aromatic rings. The average molecular weight is 270 g/mol. The topological polar surface area (TPSA) is 75.4 Å². The van der Waals surface area contributed by atoms with Gasteiger partial charge in [-0.2, -0.15) is 0 Å². The Morgan fingerprint density at radius 1 is 1.53 bits per heavy atom. The molecule has 0 saturated heterocycles. The molecular formula is C15H30N2O2. The molecule has 1 aliphatic carbocycles. The van der Waals surface area contributed by atoms with E-state index >= 15 is 0 Å². The van der Waals surface area contributed by atoms with Crippen LogP contribution < -0.4 is 11.1 Å². The summed E-state index contributed by atoms with van der Waals surface area (Å²) in [5.74, 6) is 0.461. The highest BCUT2D eigenvalue weighted by atomic mass is 16.3. The fourth-order valence-corrected chi connectivity index (χ4v) is 2.95. The zero-order chi connectivity index (χ0) is 14.7. The second-order valence-corrected chi connectivity index (χ2v) is 7.26. The Bertz CT molecular complexity index is 312. The lowest BCUT2D eigenvalue weighted by molar-refractivity contribution is -0.129. The van der Waals surface area contributed by atoms with E-state index in [-0.39, 0.29) is 24.0 Å². The maximum Gasteiger partial charge on any atom is 0.240 e. The van der Waals surface area contributed by atoms with E-state index in [1.807, 2.05) is 0 Å². The third-order valence-corrected chi connectivity index (χ3v) is 4.25. The highest BCUT2D eigenvalue weighted by molar-refractivity contribution is 5.86. The molecule has 4 heteroatoms. The molecule has 112 valence electrons. The minimum absolute atomic E-state index is 0.0392. The molecule has 1 rings (SSSR count). The van der Waals surface area contributed by atoms with Crippen LogP contribution in [0.15, 0.2) is 0 Å². The fraction of sp³-hybridized carbons (Fsp3) is 0.933. The van der Waals surface area contributed by atoms with Crippen LogP contribution in [0.1, 0.15) is 59.8 Å². The Labute approximate surface area is 117 Å². The van der Waals surface area contributed by atoms with Gasteiger partial charge in [-0.05, 0) is 30.6 Å². The second kappa shape index (κ2) is 6.23. The molecule has 0 radical (unpaired) electrons. The van der Waals surface area contributed by atoms with Crippen molar-refractivity contribution >= 4 is 5.91 Å². The molecule has 0 aromatic heterocycles. The predicted molar refractivity (Wildman–Crippen MR) is 77.6 cm³/mol. The first-order valence-electron chi connectivity index (χ1n) is 7.40. The molecule has 1 saturated carbocycles. The van der Waals surface area contributed by atoms with Gasteiger partial charge in [0, 0.05) is 12.6 Å². The van der Waals surface area contributed by atoms with Gasteiger partial charge in [0.2, 0.25) is 5.91 Å². The normalized spacial score (nSPS) is 29.9. The monoisotopic (exact) mass is 270 g/mol. The summed E-state index contributed by atoms with van der Waals surface area (Å²) < 4.78 is 0. The molecule has 0 aromatic carbocycles. The van der Waals surface area contributed by atoms with Crippen molar-refractivity contribution in [2.24, 2.45) is 17.1 Å². The Balaban J connectivity index is 2.70. The Morgan fingerprint density at radius 2 is 2.16 bits per heavy atom. The van der Waals surface area contributed by atoms with Crippen molar-refractivity contribution in [2.75, 3.05) is 6.61 Å². The van der Waals surface area contributed by atoms with Crippen LogP contribution in [0.5, 0.6) is 0 Å². The summed E-state index contributed by atoms with van der Waals surface area (Å²) in [6, 6.07) is -0.0392. The summed E-state index contributed by atoms with van der Waals surface area (Å²) in [5, 5.41) is 12.2. The van der Waals surface area contributed by atoms with Crippen LogP contribution in [0.2, 0.25) is 0 Å². The van der Waals surface area contributed by atoms with Crippen LogP contribution >= 0.6 is 0 Å². The largest absolute Gasteiger partial charge is 0.396 e. The summed E-state index contributed by atoms with van der Waals surface area (Å²) in [6.07, 6.45) is 4.27. The number of hydrogen-bond acceptors (Lipinski definition) is 3. The third-order valence-electron chi connectivity index (χ3n) is 4.25. The minimum atomic E-state index is -0.726. The van der Waals surface area contributed by atoms with Crippen molar-refractivity contribution in [1.29, 1.82) is 0 Å². The van der Waals surface area contributed by atoms with Gasteiger partial charge in [-0.1, -0.05) is 40.5 Å². The van der Waals surface area contributed by atoms with E-state index in [4.69, 9.17) is 10.8 Å². The number of nitrogens with two attached hydrogens (primary N) is 1. The van der Waals surface area contributed by atoms with Crippen molar-refractivity contribution in [2.45, 2.75) is 71.4 Å². The van der Waals surface area contributed by atoms with Crippen molar-refractivity contribution in [1.82, 2.24) is 5.32 Å². The number of amides is 1. The number of nitrogens with one attached hydrogen (secondary N) is 1. The molecule has 1 fully saturated rings. The first kappa shape index (κ1) is 16.4. The van der Waals surface area contributed by atoms with Crippen molar-refractivity contribution < 1.29 is 9.90 Å². The molecule has 1 amide bonds. The van der Waals surface area contributed by atoms with Crippen LogP contribution in [0.3, 0.4) is 0 Å². The lowest BCUT2D eigenvalue weighted by Gasteiger charge is -2.39. The molecule has 0 aliphatic heterocycles. The van der Waals surface area contributed by atoms with E-state index in [1.165, 1.54) is 0 Å². The average Bonchev–Trinajstić information content (AvgIpc) is 2.26. The molecule has 3 atom stereocenters. The molecule has 0 heterocycles. The smallest absolute Gasteiger partial charge is 0.240 e. The Hall–Kier alpha value is -0.610. The number of carbonyl (C=O) groups is 1. The van der Waals surface area contributed by atoms with Crippen LogP contribution in [0, 0.1) is 11.3 Å². The minimum Gasteiger partial charge on any atom is -0.396 e. The zero-order valence-corrected chi connectivity index (χ0v) is 12.8. The summed E-state index contributed by atoms with van der Waals surface area (Å²) in [6.45, 7) is 8.44. The van der Waals surface area contributed by atoms with Gasteiger partial charge in [0.25, 0.3) is 0 Å².